The Labute approximate surface area is 97.7 Å². The molecule has 0 amide bonds. The number of carboxylic acid groups (broad SMARTS) is 1. The van der Waals surface area contributed by atoms with Crippen molar-refractivity contribution in [3.63, 3.8) is 0 Å². The number of aliphatic carboxylic acids is 1. The minimum absolute atomic E-state index is 0.0575. The van der Waals surface area contributed by atoms with Crippen molar-refractivity contribution < 1.29 is 9.90 Å². The number of hydrogen-bond acceptors (Lipinski definition) is 2. The van der Waals surface area contributed by atoms with Gasteiger partial charge in [-0.05, 0) is 30.7 Å². The van der Waals surface area contributed by atoms with E-state index in [9.17, 15) is 4.79 Å². The number of hydrogen-bond donors (Lipinski definition) is 1. The lowest BCUT2D eigenvalue weighted by molar-refractivity contribution is -0.136. The molecule has 82 valence electrons. The number of rotatable bonds is 2. The van der Waals surface area contributed by atoms with E-state index in [4.69, 9.17) is 16.7 Å². The molecule has 3 nitrogen and oxygen atoms in total. The number of aromatic nitrogens is 1. The van der Waals surface area contributed by atoms with Crippen LogP contribution in [0.2, 0.25) is 5.02 Å². The largest absolute Gasteiger partial charge is 0.481 e. The molecule has 1 aromatic carbocycles. The van der Waals surface area contributed by atoms with Crippen molar-refractivity contribution in [2.45, 2.75) is 13.3 Å². The molecule has 1 heterocycles. The topological polar surface area (TPSA) is 50.2 Å². The van der Waals surface area contributed by atoms with Crippen LogP contribution in [-0.4, -0.2) is 16.1 Å². The Hall–Kier alpha value is -1.61. The van der Waals surface area contributed by atoms with Gasteiger partial charge in [0.2, 0.25) is 0 Å². The molecule has 0 fully saturated rings. The van der Waals surface area contributed by atoms with Gasteiger partial charge in [0.05, 0.1) is 17.6 Å². The number of aryl methyl sites for hydroxylation is 1. The zero-order valence-corrected chi connectivity index (χ0v) is 9.45. The van der Waals surface area contributed by atoms with Crippen LogP contribution in [0.15, 0.2) is 24.3 Å². The minimum Gasteiger partial charge on any atom is -0.481 e. The number of carboxylic acids is 1. The molecule has 2 aromatic rings. The molecule has 0 saturated heterocycles. The van der Waals surface area contributed by atoms with Gasteiger partial charge in [0.15, 0.2) is 0 Å². The molecular formula is C12H10ClNO2. The van der Waals surface area contributed by atoms with E-state index in [2.05, 4.69) is 4.98 Å². The predicted octanol–water partition coefficient (Wildman–Crippen LogP) is 2.82. The first-order valence-corrected chi connectivity index (χ1v) is 5.21. The van der Waals surface area contributed by atoms with E-state index in [-0.39, 0.29) is 6.42 Å². The van der Waals surface area contributed by atoms with Crippen LogP contribution < -0.4 is 0 Å². The van der Waals surface area contributed by atoms with E-state index >= 15 is 0 Å². The van der Waals surface area contributed by atoms with Crippen molar-refractivity contribution in [2.75, 3.05) is 0 Å². The first-order valence-electron chi connectivity index (χ1n) is 4.84. The molecule has 0 radical (unpaired) electrons. The van der Waals surface area contributed by atoms with Gasteiger partial charge in [-0.25, -0.2) is 0 Å². The van der Waals surface area contributed by atoms with Gasteiger partial charge in [-0.1, -0.05) is 17.7 Å². The lowest BCUT2D eigenvalue weighted by Gasteiger charge is -2.04. The van der Waals surface area contributed by atoms with Crippen LogP contribution in [0.5, 0.6) is 0 Å². The molecule has 1 N–H and O–H groups in total. The third kappa shape index (κ3) is 2.14. The highest BCUT2D eigenvalue weighted by Gasteiger charge is 2.05. The van der Waals surface area contributed by atoms with Gasteiger partial charge in [0.25, 0.3) is 0 Å². The standard InChI is InChI=1S/C12H10ClNO2/c1-7-4-9(13)5-8-2-3-10(6-11(15)16)14-12(7)8/h2-5H,6H2,1H3,(H,15,16). The summed E-state index contributed by atoms with van der Waals surface area (Å²) < 4.78 is 0. The van der Waals surface area contributed by atoms with Crippen LogP contribution in [0.3, 0.4) is 0 Å². The number of benzene rings is 1. The van der Waals surface area contributed by atoms with Gasteiger partial charge in [0.1, 0.15) is 0 Å². The van der Waals surface area contributed by atoms with Crippen LogP contribution in [0.25, 0.3) is 10.9 Å². The van der Waals surface area contributed by atoms with Gasteiger partial charge in [-0.2, -0.15) is 0 Å². The highest BCUT2D eigenvalue weighted by Crippen LogP contribution is 2.22. The van der Waals surface area contributed by atoms with E-state index in [1.165, 1.54) is 0 Å². The molecule has 0 saturated carbocycles. The Morgan fingerprint density at radius 2 is 2.19 bits per heavy atom. The van der Waals surface area contributed by atoms with Gasteiger partial charge in [-0.15, -0.1) is 0 Å². The number of carbonyl (C=O) groups is 1. The second-order valence-electron chi connectivity index (χ2n) is 3.67. The lowest BCUT2D eigenvalue weighted by Crippen LogP contribution is -2.02. The lowest BCUT2D eigenvalue weighted by atomic mass is 10.1. The van der Waals surface area contributed by atoms with Crippen LogP contribution >= 0.6 is 11.6 Å². The van der Waals surface area contributed by atoms with Crippen LogP contribution in [0.1, 0.15) is 11.3 Å². The third-order valence-corrected chi connectivity index (χ3v) is 2.56. The second-order valence-corrected chi connectivity index (χ2v) is 4.10. The first-order chi connectivity index (χ1) is 7.56. The fraction of sp³-hybridized carbons (Fsp3) is 0.167. The summed E-state index contributed by atoms with van der Waals surface area (Å²) in [5.74, 6) is -0.876. The fourth-order valence-electron chi connectivity index (χ4n) is 1.66. The molecule has 0 aliphatic carbocycles. The van der Waals surface area contributed by atoms with E-state index in [1.54, 1.807) is 6.07 Å². The van der Waals surface area contributed by atoms with Gasteiger partial charge in [-0.3, -0.25) is 9.78 Å². The highest BCUT2D eigenvalue weighted by atomic mass is 35.5. The molecule has 0 spiro atoms. The third-order valence-electron chi connectivity index (χ3n) is 2.34. The first kappa shape index (κ1) is 10.9. The SMILES string of the molecule is Cc1cc(Cl)cc2ccc(CC(=O)O)nc12. The average Bonchev–Trinajstić information content (AvgIpc) is 2.18. The monoisotopic (exact) mass is 235 g/mol. The Morgan fingerprint density at radius 3 is 2.88 bits per heavy atom. The van der Waals surface area contributed by atoms with Gasteiger partial charge < -0.3 is 5.11 Å². The van der Waals surface area contributed by atoms with Crippen molar-refractivity contribution in [2.24, 2.45) is 0 Å². The van der Waals surface area contributed by atoms with Crippen molar-refractivity contribution >= 4 is 28.5 Å². The fourth-order valence-corrected chi connectivity index (χ4v) is 1.94. The van der Waals surface area contributed by atoms with Crippen LogP contribution in [-0.2, 0) is 11.2 Å². The number of nitrogens with zero attached hydrogens (tertiary/aromatic N) is 1. The molecule has 0 bridgehead atoms. The Bertz CT molecular complexity index is 566. The maximum Gasteiger partial charge on any atom is 0.309 e. The molecule has 4 heteroatoms. The predicted molar refractivity (Wildman–Crippen MR) is 62.8 cm³/mol. The summed E-state index contributed by atoms with van der Waals surface area (Å²) in [4.78, 5) is 14.9. The normalized spacial score (nSPS) is 10.6. The smallest absolute Gasteiger partial charge is 0.309 e. The zero-order valence-electron chi connectivity index (χ0n) is 8.70. The molecule has 1 aromatic heterocycles. The Balaban J connectivity index is 2.57. The highest BCUT2D eigenvalue weighted by molar-refractivity contribution is 6.31. The quantitative estimate of drug-likeness (QED) is 0.871. The molecule has 0 aliphatic rings. The summed E-state index contributed by atoms with van der Waals surface area (Å²) in [5, 5.41) is 10.3. The molecule has 0 unspecified atom stereocenters. The molecule has 0 aliphatic heterocycles. The maximum atomic E-state index is 10.6. The maximum absolute atomic E-state index is 10.6. The van der Waals surface area contributed by atoms with Crippen molar-refractivity contribution in [3.05, 3.63) is 40.5 Å². The van der Waals surface area contributed by atoms with Crippen LogP contribution in [0, 0.1) is 6.92 Å². The number of halogens is 1. The summed E-state index contributed by atoms with van der Waals surface area (Å²) >= 11 is 5.93. The van der Waals surface area contributed by atoms with E-state index < -0.39 is 5.97 Å². The molecule has 16 heavy (non-hydrogen) atoms. The van der Waals surface area contributed by atoms with Crippen molar-refractivity contribution in [1.29, 1.82) is 0 Å². The molecule has 2 rings (SSSR count). The van der Waals surface area contributed by atoms with E-state index in [0.717, 1.165) is 16.5 Å². The molecular weight excluding hydrogens is 226 g/mol. The Kier molecular flexibility index (Phi) is 2.79. The van der Waals surface area contributed by atoms with E-state index in [0.29, 0.717) is 10.7 Å². The average molecular weight is 236 g/mol. The number of fused-ring (bicyclic) bond motifs is 1. The molecule has 0 atom stereocenters. The van der Waals surface area contributed by atoms with Gasteiger partial charge in [0, 0.05) is 10.4 Å². The summed E-state index contributed by atoms with van der Waals surface area (Å²) in [6.07, 6.45) is -0.0575. The summed E-state index contributed by atoms with van der Waals surface area (Å²) in [6.45, 7) is 1.91. The zero-order chi connectivity index (χ0) is 11.7. The minimum atomic E-state index is -0.876. The number of pyridine rings is 1. The van der Waals surface area contributed by atoms with Gasteiger partial charge >= 0.3 is 5.97 Å². The van der Waals surface area contributed by atoms with E-state index in [1.807, 2.05) is 25.1 Å². The summed E-state index contributed by atoms with van der Waals surface area (Å²) in [7, 11) is 0. The van der Waals surface area contributed by atoms with Crippen molar-refractivity contribution in [1.82, 2.24) is 4.98 Å². The van der Waals surface area contributed by atoms with Crippen LogP contribution in [0.4, 0.5) is 0 Å². The summed E-state index contributed by atoms with van der Waals surface area (Å²) in [6, 6.07) is 7.20. The summed E-state index contributed by atoms with van der Waals surface area (Å²) in [5.41, 5.74) is 2.32. The second kappa shape index (κ2) is 4.10. The van der Waals surface area contributed by atoms with Crippen molar-refractivity contribution in [3.8, 4) is 0 Å². The Morgan fingerprint density at radius 1 is 1.44 bits per heavy atom.